The summed E-state index contributed by atoms with van der Waals surface area (Å²) in [7, 11) is 0. The molecule has 3 aromatic carbocycles. The summed E-state index contributed by atoms with van der Waals surface area (Å²) in [6.07, 6.45) is -0.868. The number of aliphatic hydroxyl groups excluding tert-OH is 1. The molecule has 30 heavy (non-hydrogen) atoms. The van der Waals surface area contributed by atoms with Gasteiger partial charge in [-0.3, -0.25) is 4.90 Å². The summed E-state index contributed by atoms with van der Waals surface area (Å²) < 4.78 is 5.70. The van der Waals surface area contributed by atoms with Crippen LogP contribution in [0.25, 0.3) is 10.6 Å². The minimum atomic E-state index is -0.868. The first kappa shape index (κ1) is 22.1. The maximum absolute atomic E-state index is 10.2. The number of ether oxygens (including phenoxy) is 1. The second-order valence-electron chi connectivity index (χ2n) is 7.00. The first-order valence-corrected chi connectivity index (χ1v) is 10.7. The van der Waals surface area contributed by atoms with Gasteiger partial charge in [0.1, 0.15) is 5.75 Å². The fraction of sp³-hybridized carbons (Fsp3) is 0.231. The van der Waals surface area contributed by atoms with Crippen molar-refractivity contribution >= 4 is 22.2 Å². The zero-order chi connectivity index (χ0) is 21.3. The first-order valence-electron chi connectivity index (χ1n) is 10.3. The zero-order valence-corrected chi connectivity index (χ0v) is 18.2. The molecule has 156 valence electrons. The van der Waals surface area contributed by atoms with Crippen LogP contribution in [0, 0.1) is 0 Å². The smallest absolute Gasteiger partial charge is 0.210 e. The number of aliphatic hydroxyl groups is 1. The van der Waals surface area contributed by atoms with E-state index in [1.165, 1.54) is 0 Å². The van der Waals surface area contributed by atoms with Crippen molar-refractivity contribution < 1.29 is 9.84 Å². The van der Waals surface area contributed by atoms with E-state index in [1.807, 2.05) is 72.8 Å². The molecule has 0 heterocycles. The number of hydrogen-bond acceptors (Lipinski definition) is 3. The van der Waals surface area contributed by atoms with E-state index in [0.29, 0.717) is 17.3 Å². The summed E-state index contributed by atoms with van der Waals surface area (Å²) in [5.74, 6) is 0.627. The van der Waals surface area contributed by atoms with Gasteiger partial charge in [0.25, 0.3) is 0 Å². The number of benzene rings is 3. The molecule has 0 spiro atoms. The third-order valence-corrected chi connectivity index (χ3v) is 5.44. The molecule has 0 saturated heterocycles. The summed E-state index contributed by atoms with van der Waals surface area (Å²) in [6, 6.07) is 27.8. The quantitative estimate of drug-likeness (QED) is 0.346. The van der Waals surface area contributed by atoms with Gasteiger partial charge in [-0.05, 0) is 41.9 Å². The number of halogens is 1. The Hall–Kier alpha value is -2.59. The van der Waals surface area contributed by atoms with Crippen molar-refractivity contribution in [2.24, 2.45) is 0 Å². The Morgan fingerprint density at radius 1 is 0.800 bits per heavy atom. The SMILES string of the molecule is CCN(CC)CC(O)Oc1ccc(C(=C(Cl)c2ccccc2)c2ccccc2)cc1. The van der Waals surface area contributed by atoms with E-state index >= 15 is 0 Å². The Labute approximate surface area is 184 Å². The molecule has 0 aromatic heterocycles. The second kappa shape index (κ2) is 11.0. The van der Waals surface area contributed by atoms with Gasteiger partial charge in [-0.1, -0.05) is 98.2 Å². The maximum atomic E-state index is 10.2. The summed E-state index contributed by atoms with van der Waals surface area (Å²) in [6.45, 7) is 6.36. The Balaban J connectivity index is 1.89. The van der Waals surface area contributed by atoms with Crippen molar-refractivity contribution in [1.82, 2.24) is 4.90 Å². The molecule has 0 fully saturated rings. The molecule has 0 aliphatic carbocycles. The predicted octanol–water partition coefficient (Wildman–Crippen LogP) is 5.88. The van der Waals surface area contributed by atoms with Crippen LogP contribution >= 0.6 is 11.6 Å². The van der Waals surface area contributed by atoms with Gasteiger partial charge in [0, 0.05) is 5.57 Å². The normalized spacial score (nSPS) is 13.1. The number of likely N-dealkylation sites (N-methyl/N-ethyl adjacent to an activating group) is 1. The fourth-order valence-corrected chi connectivity index (χ4v) is 3.70. The van der Waals surface area contributed by atoms with E-state index in [4.69, 9.17) is 16.3 Å². The van der Waals surface area contributed by atoms with Crippen molar-refractivity contribution in [3.8, 4) is 5.75 Å². The third-order valence-electron chi connectivity index (χ3n) is 5.03. The van der Waals surface area contributed by atoms with Crippen LogP contribution in [0.4, 0.5) is 0 Å². The first-order chi connectivity index (χ1) is 14.6. The van der Waals surface area contributed by atoms with E-state index in [9.17, 15) is 5.11 Å². The molecular formula is C26H28ClNO2. The van der Waals surface area contributed by atoms with Crippen LogP contribution in [-0.4, -0.2) is 35.9 Å². The van der Waals surface area contributed by atoms with Crippen LogP contribution in [0.15, 0.2) is 84.9 Å². The van der Waals surface area contributed by atoms with E-state index in [2.05, 4.69) is 30.9 Å². The van der Waals surface area contributed by atoms with Crippen molar-refractivity contribution in [1.29, 1.82) is 0 Å². The molecular weight excluding hydrogens is 394 g/mol. The molecule has 3 aromatic rings. The Bertz CT molecular complexity index is 936. The van der Waals surface area contributed by atoms with Crippen molar-refractivity contribution in [3.05, 3.63) is 102 Å². The van der Waals surface area contributed by atoms with E-state index in [1.54, 1.807) is 0 Å². The summed E-state index contributed by atoms with van der Waals surface area (Å²) in [4.78, 5) is 2.12. The lowest BCUT2D eigenvalue weighted by molar-refractivity contribution is -0.0393. The van der Waals surface area contributed by atoms with Gasteiger partial charge in [-0.2, -0.15) is 0 Å². The topological polar surface area (TPSA) is 32.7 Å². The highest BCUT2D eigenvalue weighted by molar-refractivity contribution is 6.53. The lowest BCUT2D eigenvalue weighted by Crippen LogP contribution is -2.35. The van der Waals surface area contributed by atoms with Crippen LogP contribution in [0.1, 0.15) is 30.5 Å². The van der Waals surface area contributed by atoms with Crippen LogP contribution in [0.3, 0.4) is 0 Å². The molecule has 0 radical (unpaired) electrons. The van der Waals surface area contributed by atoms with Gasteiger partial charge in [-0.25, -0.2) is 0 Å². The minimum Gasteiger partial charge on any atom is -0.464 e. The van der Waals surface area contributed by atoms with Gasteiger partial charge < -0.3 is 9.84 Å². The third kappa shape index (κ3) is 5.73. The van der Waals surface area contributed by atoms with Gasteiger partial charge in [0.15, 0.2) is 0 Å². The summed E-state index contributed by atoms with van der Waals surface area (Å²) >= 11 is 6.86. The van der Waals surface area contributed by atoms with Crippen LogP contribution in [0.5, 0.6) is 5.75 Å². The molecule has 4 heteroatoms. The van der Waals surface area contributed by atoms with Gasteiger partial charge in [0.05, 0.1) is 11.6 Å². The Kier molecular flexibility index (Phi) is 8.09. The van der Waals surface area contributed by atoms with Crippen molar-refractivity contribution in [2.45, 2.75) is 20.1 Å². The Morgan fingerprint density at radius 2 is 1.30 bits per heavy atom. The predicted molar refractivity (Wildman–Crippen MR) is 126 cm³/mol. The number of hydrogen-bond donors (Lipinski definition) is 1. The highest BCUT2D eigenvalue weighted by atomic mass is 35.5. The molecule has 0 saturated carbocycles. The monoisotopic (exact) mass is 421 g/mol. The number of rotatable bonds is 9. The maximum Gasteiger partial charge on any atom is 0.210 e. The van der Waals surface area contributed by atoms with Crippen molar-refractivity contribution in [3.63, 3.8) is 0 Å². The van der Waals surface area contributed by atoms with Crippen LogP contribution < -0.4 is 4.74 Å². The molecule has 1 unspecified atom stereocenters. The molecule has 0 aliphatic rings. The Morgan fingerprint density at radius 3 is 1.83 bits per heavy atom. The molecule has 1 atom stereocenters. The largest absolute Gasteiger partial charge is 0.464 e. The molecule has 0 bridgehead atoms. The van der Waals surface area contributed by atoms with E-state index in [0.717, 1.165) is 35.4 Å². The highest BCUT2D eigenvalue weighted by Gasteiger charge is 2.14. The van der Waals surface area contributed by atoms with Crippen molar-refractivity contribution in [2.75, 3.05) is 19.6 Å². The average molecular weight is 422 g/mol. The van der Waals surface area contributed by atoms with Gasteiger partial charge in [0.2, 0.25) is 6.29 Å². The lowest BCUT2D eigenvalue weighted by Gasteiger charge is -2.22. The average Bonchev–Trinajstić information content (AvgIpc) is 2.80. The molecule has 3 rings (SSSR count). The van der Waals surface area contributed by atoms with Gasteiger partial charge >= 0.3 is 0 Å². The van der Waals surface area contributed by atoms with Gasteiger partial charge in [-0.15, -0.1) is 0 Å². The lowest BCUT2D eigenvalue weighted by atomic mass is 9.95. The number of nitrogens with zero attached hydrogens (tertiary/aromatic N) is 1. The standard InChI is InChI=1S/C26H28ClNO2/c1-3-28(4-2)19-24(29)30-23-17-15-21(16-18-23)25(20-11-7-5-8-12-20)26(27)22-13-9-6-10-14-22/h5-18,24,29H,3-4,19H2,1-2H3. The molecule has 0 aliphatic heterocycles. The molecule has 0 amide bonds. The minimum absolute atomic E-state index is 0.476. The van der Waals surface area contributed by atoms with E-state index < -0.39 is 6.29 Å². The zero-order valence-electron chi connectivity index (χ0n) is 17.5. The summed E-state index contributed by atoms with van der Waals surface area (Å²) in [5.41, 5.74) is 3.95. The highest BCUT2D eigenvalue weighted by Crippen LogP contribution is 2.35. The fourth-order valence-electron chi connectivity index (χ4n) is 3.35. The van der Waals surface area contributed by atoms with E-state index in [-0.39, 0.29) is 0 Å². The molecule has 1 N–H and O–H groups in total. The van der Waals surface area contributed by atoms with Crippen LogP contribution in [0.2, 0.25) is 0 Å². The summed E-state index contributed by atoms with van der Waals surface area (Å²) in [5, 5.41) is 10.9. The second-order valence-corrected chi connectivity index (χ2v) is 7.38. The van der Waals surface area contributed by atoms with Crippen LogP contribution in [-0.2, 0) is 0 Å². The molecule has 3 nitrogen and oxygen atoms in total.